The van der Waals surface area contributed by atoms with Crippen LogP contribution in [0.5, 0.6) is 0 Å². The number of hydrogen-bond donors (Lipinski definition) is 0. The summed E-state index contributed by atoms with van der Waals surface area (Å²) in [6.45, 7) is 0. The van der Waals surface area contributed by atoms with Crippen molar-refractivity contribution in [3.05, 3.63) is 71.3 Å². The second-order valence-electron chi connectivity index (χ2n) is 3.55. The van der Waals surface area contributed by atoms with Gasteiger partial charge in [0.1, 0.15) is 0 Å². The fraction of sp³-hybridized carbons (Fsp3) is 0. The molecule has 2 nitrogen and oxygen atoms in total. The molecule has 0 saturated carbocycles. The van der Waals surface area contributed by atoms with Crippen molar-refractivity contribution in [2.75, 3.05) is 0 Å². The largest absolute Gasteiger partial charge is 0.289 e. The van der Waals surface area contributed by atoms with E-state index in [1.165, 1.54) is 0 Å². The topological polar surface area (TPSA) is 34.1 Å². The molecule has 0 radical (unpaired) electrons. The highest BCUT2D eigenvalue weighted by Gasteiger charge is 2.09. The van der Waals surface area contributed by atoms with Crippen LogP contribution in [-0.4, -0.2) is 9.57 Å². The Hall–Kier alpha value is -1.49. The number of ketones is 1. The molecule has 2 aromatic rings. The molecule has 0 aromatic heterocycles. The van der Waals surface area contributed by atoms with E-state index in [4.69, 9.17) is 0 Å². The highest BCUT2D eigenvalue weighted by atomic mass is 127. The molecular formula is C14H9IO2. The third-order valence-corrected chi connectivity index (χ3v) is 3.03. The van der Waals surface area contributed by atoms with Crippen molar-refractivity contribution in [3.63, 3.8) is 0 Å². The van der Waals surface area contributed by atoms with Crippen molar-refractivity contribution >= 4 is 32.2 Å². The third kappa shape index (κ3) is 2.79. The second-order valence-corrected chi connectivity index (χ2v) is 4.53. The summed E-state index contributed by atoms with van der Waals surface area (Å²) in [4.78, 5) is 23.1. The molecule has 0 atom stereocenters. The lowest BCUT2D eigenvalue weighted by atomic mass is 10.0. The summed E-state index contributed by atoms with van der Waals surface area (Å²) in [6, 6.07) is 15.8. The molecule has 0 amide bonds. The molecule has 17 heavy (non-hydrogen) atoms. The predicted molar refractivity (Wildman–Crippen MR) is 74.7 cm³/mol. The summed E-state index contributed by atoms with van der Waals surface area (Å²) in [5.41, 5.74) is 1.86. The van der Waals surface area contributed by atoms with Gasteiger partial charge in [-0.15, -0.1) is 0 Å². The number of hydrogen-bond acceptors (Lipinski definition) is 2. The minimum absolute atomic E-state index is 0.0266. The second kappa shape index (κ2) is 5.23. The summed E-state index contributed by atoms with van der Waals surface area (Å²) in [5.74, 6) is -0.0296. The Labute approximate surface area is 113 Å². The Morgan fingerprint density at radius 2 is 1.18 bits per heavy atom. The first kappa shape index (κ1) is 12.0. The number of carbonyl (C=O) groups is 2. The van der Waals surface area contributed by atoms with Crippen molar-refractivity contribution in [1.29, 1.82) is 0 Å². The zero-order chi connectivity index (χ0) is 12.3. The van der Waals surface area contributed by atoms with Crippen molar-refractivity contribution in [3.8, 4) is 0 Å². The molecule has 3 heteroatoms. The van der Waals surface area contributed by atoms with Crippen LogP contribution in [0.4, 0.5) is 0 Å². The van der Waals surface area contributed by atoms with Crippen LogP contribution in [0.15, 0.2) is 54.6 Å². The number of carbonyl (C=O) groups excluding carboxylic acids is 2. The van der Waals surface area contributed by atoms with Gasteiger partial charge in [0.15, 0.2) is 5.78 Å². The van der Waals surface area contributed by atoms with E-state index in [1.54, 1.807) is 59.0 Å². The Morgan fingerprint density at radius 1 is 0.706 bits per heavy atom. The molecule has 0 unspecified atom stereocenters. The Morgan fingerprint density at radius 3 is 1.71 bits per heavy atom. The maximum Gasteiger partial charge on any atom is 0.222 e. The Balaban J connectivity index is 2.30. The third-order valence-electron chi connectivity index (χ3n) is 2.41. The van der Waals surface area contributed by atoms with Gasteiger partial charge in [0.25, 0.3) is 0 Å². The van der Waals surface area contributed by atoms with Gasteiger partial charge in [-0.1, -0.05) is 42.5 Å². The van der Waals surface area contributed by atoms with Crippen LogP contribution in [0.2, 0.25) is 0 Å². The average Bonchev–Trinajstić information content (AvgIpc) is 2.39. The lowest BCUT2D eigenvalue weighted by molar-refractivity contribution is 0.103. The van der Waals surface area contributed by atoms with E-state index in [0.717, 1.165) is 0 Å². The predicted octanol–water partition coefficient (Wildman–Crippen LogP) is 3.49. The highest BCUT2D eigenvalue weighted by Crippen LogP contribution is 2.12. The average molecular weight is 336 g/mol. The maximum atomic E-state index is 12.0. The SMILES string of the molecule is O=C(I)c1ccc(C(=O)c2ccccc2)cc1. The molecule has 0 N–H and O–H groups in total. The minimum atomic E-state index is -0.0296. The lowest BCUT2D eigenvalue weighted by Gasteiger charge is -2.01. The molecule has 0 saturated heterocycles. The summed E-state index contributed by atoms with van der Waals surface area (Å²) >= 11 is 1.73. The van der Waals surface area contributed by atoms with Gasteiger partial charge in [-0.25, -0.2) is 0 Å². The molecule has 2 rings (SSSR count). The van der Waals surface area contributed by atoms with Gasteiger partial charge in [-0.05, 0) is 12.1 Å². The molecular weight excluding hydrogens is 327 g/mol. The molecule has 0 aliphatic carbocycles. The van der Waals surface area contributed by atoms with E-state index >= 15 is 0 Å². The molecule has 0 spiro atoms. The van der Waals surface area contributed by atoms with Crippen LogP contribution in [0.1, 0.15) is 26.3 Å². The van der Waals surface area contributed by atoms with Crippen molar-refractivity contribution in [1.82, 2.24) is 0 Å². The Bertz CT molecular complexity index is 544. The van der Waals surface area contributed by atoms with E-state index in [2.05, 4.69) is 0 Å². The fourth-order valence-corrected chi connectivity index (χ4v) is 1.87. The zero-order valence-corrected chi connectivity index (χ0v) is 11.0. The molecule has 0 heterocycles. The monoisotopic (exact) mass is 336 g/mol. The lowest BCUT2D eigenvalue weighted by Crippen LogP contribution is -2.01. The molecule has 84 valence electrons. The molecule has 0 fully saturated rings. The van der Waals surface area contributed by atoms with E-state index in [-0.39, 0.29) is 9.57 Å². The molecule has 0 aliphatic rings. The van der Waals surface area contributed by atoms with Crippen LogP contribution in [-0.2, 0) is 0 Å². The zero-order valence-electron chi connectivity index (χ0n) is 8.89. The van der Waals surface area contributed by atoms with Gasteiger partial charge in [0, 0.05) is 39.3 Å². The molecule has 0 bridgehead atoms. The summed E-state index contributed by atoms with van der Waals surface area (Å²) in [6.07, 6.45) is 0. The van der Waals surface area contributed by atoms with Crippen LogP contribution in [0.25, 0.3) is 0 Å². The molecule has 2 aromatic carbocycles. The van der Waals surface area contributed by atoms with Crippen LogP contribution < -0.4 is 0 Å². The summed E-state index contributed by atoms with van der Waals surface area (Å²) in [5, 5.41) is 0. The normalized spacial score (nSPS) is 9.94. The smallest absolute Gasteiger partial charge is 0.222 e. The molecule has 0 aliphatic heterocycles. The van der Waals surface area contributed by atoms with Crippen LogP contribution in [0.3, 0.4) is 0 Å². The highest BCUT2D eigenvalue weighted by molar-refractivity contribution is 14.1. The van der Waals surface area contributed by atoms with E-state index in [9.17, 15) is 9.59 Å². The van der Waals surface area contributed by atoms with Crippen molar-refractivity contribution < 1.29 is 9.59 Å². The first-order valence-corrected chi connectivity index (χ1v) is 6.16. The van der Waals surface area contributed by atoms with Gasteiger partial charge in [0.05, 0.1) is 0 Å². The number of halogens is 1. The van der Waals surface area contributed by atoms with Gasteiger partial charge in [0.2, 0.25) is 3.79 Å². The van der Waals surface area contributed by atoms with Gasteiger partial charge >= 0.3 is 0 Å². The standard InChI is InChI=1S/C14H9IO2/c15-14(17)12-8-6-11(7-9-12)13(16)10-4-2-1-3-5-10/h1-9H. The summed E-state index contributed by atoms with van der Waals surface area (Å²) in [7, 11) is 0. The number of benzene rings is 2. The Kier molecular flexibility index (Phi) is 3.68. The fourth-order valence-electron chi connectivity index (χ4n) is 1.51. The van der Waals surface area contributed by atoms with Gasteiger partial charge in [-0.3, -0.25) is 9.59 Å². The van der Waals surface area contributed by atoms with Crippen molar-refractivity contribution in [2.24, 2.45) is 0 Å². The van der Waals surface area contributed by atoms with Crippen LogP contribution >= 0.6 is 22.6 Å². The van der Waals surface area contributed by atoms with E-state index in [1.807, 2.05) is 18.2 Å². The van der Waals surface area contributed by atoms with Crippen LogP contribution in [0, 0.1) is 0 Å². The number of rotatable bonds is 3. The summed E-state index contributed by atoms with van der Waals surface area (Å²) < 4.78 is -0.0266. The van der Waals surface area contributed by atoms with Gasteiger partial charge in [-0.2, -0.15) is 0 Å². The first-order chi connectivity index (χ1) is 8.18. The van der Waals surface area contributed by atoms with E-state index in [0.29, 0.717) is 16.7 Å². The maximum absolute atomic E-state index is 12.0. The first-order valence-electron chi connectivity index (χ1n) is 5.08. The van der Waals surface area contributed by atoms with Gasteiger partial charge < -0.3 is 0 Å². The van der Waals surface area contributed by atoms with Crippen molar-refractivity contribution in [2.45, 2.75) is 0 Å². The van der Waals surface area contributed by atoms with E-state index < -0.39 is 0 Å². The minimum Gasteiger partial charge on any atom is -0.289 e. The quantitative estimate of drug-likeness (QED) is 0.488.